The standard InChI is InChI=1S/C8H14F3NO2/c1-7(13)2-3-12(6-7)4-5-14-8(9,10)11/h13H,2-6H2,1H3. The van der Waals surface area contributed by atoms with E-state index in [1.807, 2.05) is 0 Å². The predicted molar refractivity (Wildman–Crippen MR) is 43.7 cm³/mol. The van der Waals surface area contributed by atoms with Crippen LogP contribution in [0.3, 0.4) is 0 Å². The highest BCUT2D eigenvalue weighted by molar-refractivity contribution is 4.85. The van der Waals surface area contributed by atoms with E-state index in [0.717, 1.165) is 0 Å². The average molecular weight is 213 g/mol. The summed E-state index contributed by atoms with van der Waals surface area (Å²) in [6, 6.07) is 0. The lowest BCUT2D eigenvalue weighted by molar-refractivity contribution is -0.324. The number of hydrogen-bond acceptors (Lipinski definition) is 3. The molecule has 0 aromatic heterocycles. The predicted octanol–water partition coefficient (Wildman–Crippen LogP) is 0.980. The van der Waals surface area contributed by atoms with Crippen LogP contribution in [0.5, 0.6) is 0 Å². The molecule has 14 heavy (non-hydrogen) atoms. The van der Waals surface area contributed by atoms with Crippen LogP contribution >= 0.6 is 0 Å². The molecule has 84 valence electrons. The first kappa shape index (κ1) is 11.7. The SMILES string of the molecule is CC1(O)CCN(CCOC(F)(F)F)C1. The lowest BCUT2D eigenvalue weighted by atomic mass is 10.1. The van der Waals surface area contributed by atoms with Gasteiger partial charge in [-0.2, -0.15) is 0 Å². The zero-order valence-electron chi connectivity index (χ0n) is 7.97. The third-order valence-electron chi connectivity index (χ3n) is 2.20. The Balaban J connectivity index is 2.15. The Bertz CT molecular complexity index is 194. The minimum atomic E-state index is -4.55. The van der Waals surface area contributed by atoms with Crippen LogP contribution in [-0.4, -0.2) is 48.2 Å². The number of β-amino-alcohol motifs (C(OH)–C–C–N with tert-alkyl or cyclic N) is 1. The van der Waals surface area contributed by atoms with Crippen molar-refractivity contribution in [1.29, 1.82) is 0 Å². The molecule has 0 spiro atoms. The van der Waals surface area contributed by atoms with Gasteiger partial charge in [0.05, 0.1) is 12.2 Å². The Morgan fingerprint density at radius 2 is 2.14 bits per heavy atom. The summed E-state index contributed by atoms with van der Waals surface area (Å²) in [5.41, 5.74) is -0.766. The monoisotopic (exact) mass is 213 g/mol. The molecule has 1 saturated heterocycles. The molecule has 0 radical (unpaired) electrons. The van der Waals surface area contributed by atoms with Crippen molar-refractivity contribution in [2.24, 2.45) is 0 Å². The summed E-state index contributed by atoms with van der Waals surface area (Å²) in [7, 11) is 0. The number of alkyl halides is 3. The van der Waals surface area contributed by atoms with Crippen molar-refractivity contribution in [2.75, 3.05) is 26.2 Å². The van der Waals surface area contributed by atoms with Gasteiger partial charge in [-0.1, -0.05) is 0 Å². The van der Waals surface area contributed by atoms with Gasteiger partial charge < -0.3 is 5.11 Å². The second-order valence-electron chi connectivity index (χ2n) is 3.82. The van der Waals surface area contributed by atoms with E-state index < -0.39 is 12.0 Å². The molecule has 0 bridgehead atoms. The highest BCUT2D eigenvalue weighted by atomic mass is 19.4. The molecule has 0 amide bonds. The summed E-state index contributed by atoms with van der Waals surface area (Å²) in [6.07, 6.45) is -3.96. The lowest BCUT2D eigenvalue weighted by Crippen LogP contribution is -2.32. The van der Waals surface area contributed by atoms with E-state index in [4.69, 9.17) is 0 Å². The maximum absolute atomic E-state index is 11.6. The average Bonchev–Trinajstić information content (AvgIpc) is 2.27. The zero-order valence-corrected chi connectivity index (χ0v) is 7.97. The quantitative estimate of drug-likeness (QED) is 0.758. The van der Waals surface area contributed by atoms with Crippen LogP contribution < -0.4 is 0 Å². The molecule has 1 aliphatic rings. The number of ether oxygens (including phenoxy) is 1. The highest BCUT2D eigenvalue weighted by Gasteiger charge is 2.33. The summed E-state index contributed by atoms with van der Waals surface area (Å²) >= 11 is 0. The van der Waals surface area contributed by atoms with Gasteiger partial charge in [-0.05, 0) is 13.3 Å². The third-order valence-corrected chi connectivity index (χ3v) is 2.20. The molecule has 0 aliphatic carbocycles. The second kappa shape index (κ2) is 4.04. The molecular weight excluding hydrogens is 199 g/mol. The molecule has 1 N–H and O–H groups in total. The summed E-state index contributed by atoms with van der Waals surface area (Å²) in [5.74, 6) is 0. The van der Waals surface area contributed by atoms with Gasteiger partial charge in [0.15, 0.2) is 0 Å². The first-order valence-electron chi connectivity index (χ1n) is 4.44. The van der Waals surface area contributed by atoms with E-state index in [0.29, 0.717) is 19.5 Å². The fraction of sp³-hybridized carbons (Fsp3) is 1.00. The van der Waals surface area contributed by atoms with Crippen LogP contribution in [-0.2, 0) is 4.74 Å². The lowest BCUT2D eigenvalue weighted by Gasteiger charge is -2.18. The van der Waals surface area contributed by atoms with Gasteiger partial charge >= 0.3 is 6.36 Å². The summed E-state index contributed by atoms with van der Waals surface area (Å²) in [6.45, 7) is 2.54. The van der Waals surface area contributed by atoms with Gasteiger partial charge in [-0.15, -0.1) is 13.2 Å². The van der Waals surface area contributed by atoms with Crippen molar-refractivity contribution in [3.63, 3.8) is 0 Å². The molecule has 6 heteroatoms. The Hall–Kier alpha value is -0.330. The fourth-order valence-electron chi connectivity index (χ4n) is 1.52. The van der Waals surface area contributed by atoms with Crippen LogP contribution in [0.25, 0.3) is 0 Å². The number of nitrogens with zero attached hydrogens (tertiary/aromatic N) is 1. The maximum Gasteiger partial charge on any atom is 0.522 e. The molecule has 1 heterocycles. The smallest absolute Gasteiger partial charge is 0.389 e. The van der Waals surface area contributed by atoms with Crippen LogP contribution in [0.4, 0.5) is 13.2 Å². The molecule has 1 unspecified atom stereocenters. The third kappa shape index (κ3) is 4.26. The maximum atomic E-state index is 11.6. The van der Waals surface area contributed by atoms with Gasteiger partial charge in [0.2, 0.25) is 0 Å². The number of halogens is 3. The Morgan fingerprint density at radius 3 is 2.57 bits per heavy atom. The summed E-state index contributed by atoms with van der Waals surface area (Å²) in [4.78, 5) is 1.76. The van der Waals surface area contributed by atoms with E-state index in [1.54, 1.807) is 11.8 Å². The topological polar surface area (TPSA) is 32.7 Å². The molecule has 3 nitrogen and oxygen atoms in total. The zero-order chi connectivity index (χ0) is 10.8. The molecule has 1 rings (SSSR count). The highest BCUT2D eigenvalue weighted by Crippen LogP contribution is 2.20. The Labute approximate surface area is 80.5 Å². The van der Waals surface area contributed by atoms with Crippen LogP contribution in [0, 0.1) is 0 Å². The normalized spacial score (nSPS) is 29.8. The Morgan fingerprint density at radius 1 is 1.50 bits per heavy atom. The van der Waals surface area contributed by atoms with Gasteiger partial charge in [-0.3, -0.25) is 9.64 Å². The van der Waals surface area contributed by atoms with Gasteiger partial charge in [0.25, 0.3) is 0 Å². The fourth-order valence-corrected chi connectivity index (χ4v) is 1.52. The van der Waals surface area contributed by atoms with Gasteiger partial charge in [0, 0.05) is 19.6 Å². The largest absolute Gasteiger partial charge is 0.522 e. The Kier molecular flexibility index (Phi) is 3.39. The number of rotatable bonds is 3. The van der Waals surface area contributed by atoms with Crippen LogP contribution in [0.15, 0.2) is 0 Å². The minimum absolute atomic E-state index is 0.204. The van der Waals surface area contributed by atoms with Crippen molar-refractivity contribution in [3.05, 3.63) is 0 Å². The first-order valence-corrected chi connectivity index (χ1v) is 4.44. The summed E-state index contributed by atoms with van der Waals surface area (Å²) in [5, 5.41) is 9.52. The van der Waals surface area contributed by atoms with E-state index in [-0.39, 0.29) is 13.2 Å². The van der Waals surface area contributed by atoms with E-state index in [1.165, 1.54) is 0 Å². The number of hydrogen-bond donors (Lipinski definition) is 1. The van der Waals surface area contributed by atoms with Crippen LogP contribution in [0.1, 0.15) is 13.3 Å². The molecular formula is C8H14F3NO2. The molecule has 1 aliphatic heterocycles. The second-order valence-corrected chi connectivity index (χ2v) is 3.82. The number of likely N-dealkylation sites (tertiary alicyclic amines) is 1. The van der Waals surface area contributed by atoms with Crippen molar-refractivity contribution in [1.82, 2.24) is 4.90 Å². The van der Waals surface area contributed by atoms with Gasteiger partial charge in [-0.25, -0.2) is 0 Å². The van der Waals surface area contributed by atoms with Crippen molar-refractivity contribution in [3.8, 4) is 0 Å². The first-order chi connectivity index (χ1) is 6.29. The molecule has 1 fully saturated rings. The van der Waals surface area contributed by atoms with E-state index >= 15 is 0 Å². The molecule has 0 aromatic rings. The summed E-state index contributed by atoms with van der Waals surface area (Å²) < 4.78 is 38.4. The molecule has 0 saturated carbocycles. The van der Waals surface area contributed by atoms with Gasteiger partial charge in [0.1, 0.15) is 0 Å². The van der Waals surface area contributed by atoms with E-state index in [9.17, 15) is 18.3 Å². The van der Waals surface area contributed by atoms with E-state index in [2.05, 4.69) is 4.74 Å². The van der Waals surface area contributed by atoms with Crippen LogP contribution in [0.2, 0.25) is 0 Å². The molecule has 1 atom stereocenters. The molecule has 0 aromatic carbocycles. The van der Waals surface area contributed by atoms with Crippen molar-refractivity contribution < 1.29 is 23.0 Å². The minimum Gasteiger partial charge on any atom is -0.389 e. The van der Waals surface area contributed by atoms with Crippen molar-refractivity contribution >= 4 is 0 Å². The number of aliphatic hydroxyl groups is 1. The van der Waals surface area contributed by atoms with Crippen molar-refractivity contribution in [2.45, 2.75) is 25.3 Å².